The second-order valence-corrected chi connectivity index (χ2v) is 7.44. The quantitative estimate of drug-likeness (QED) is 0.683. The fourth-order valence-electron chi connectivity index (χ4n) is 3.55. The Morgan fingerprint density at radius 3 is 2.27 bits per heavy atom. The number of methoxy groups -OCH3 is 3. The van der Waals surface area contributed by atoms with Gasteiger partial charge in [-0.3, -0.25) is 4.79 Å². The average Bonchev–Trinajstić information content (AvgIpc) is 2.71. The lowest BCUT2D eigenvalue weighted by Crippen LogP contribution is -2.27. The van der Waals surface area contributed by atoms with Crippen LogP contribution in [0.4, 0.5) is 0 Å². The second kappa shape index (κ2) is 7.02. The Kier molecular flexibility index (Phi) is 4.61. The second-order valence-electron chi connectivity index (χ2n) is 7.44. The number of phenolic OH excluding ortho intramolecular Hbond substituents is 1. The minimum atomic E-state index is -0.527. The molecule has 1 aliphatic rings. The van der Waals surface area contributed by atoms with Crippen LogP contribution in [0.1, 0.15) is 19.4 Å². The van der Waals surface area contributed by atoms with Crippen molar-refractivity contribution < 1.29 is 28.5 Å². The molecule has 30 heavy (non-hydrogen) atoms. The van der Waals surface area contributed by atoms with Crippen molar-refractivity contribution in [1.29, 1.82) is 0 Å². The van der Waals surface area contributed by atoms with E-state index in [1.807, 2.05) is 26.0 Å². The Bertz CT molecular complexity index is 1230. The summed E-state index contributed by atoms with van der Waals surface area (Å²) in [5.74, 6) is 1.53. The highest BCUT2D eigenvalue weighted by molar-refractivity contribution is 5.95. The normalized spacial score (nSPS) is 14.2. The number of fused-ring (bicyclic) bond motifs is 3. The zero-order chi connectivity index (χ0) is 21.6. The molecule has 4 rings (SSSR count). The smallest absolute Gasteiger partial charge is 0.204 e. The molecular weight excluding hydrogens is 388 g/mol. The van der Waals surface area contributed by atoms with E-state index in [0.29, 0.717) is 34.1 Å². The number of rotatable bonds is 4. The van der Waals surface area contributed by atoms with Crippen LogP contribution in [0.5, 0.6) is 28.7 Å². The molecule has 0 amide bonds. The van der Waals surface area contributed by atoms with Crippen molar-refractivity contribution >= 4 is 17.0 Å². The van der Waals surface area contributed by atoms with Crippen molar-refractivity contribution in [1.82, 2.24) is 0 Å². The number of hydrogen-bond donors (Lipinski definition) is 1. The maximum absolute atomic E-state index is 13.4. The molecule has 0 aliphatic carbocycles. The molecule has 0 saturated carbocycles. The fourth-order valence-corrected chi connectivity index (χ4v) is 3.55. The molecule has 0 fully saturated rings. The van der Waals surface area contributed by atoms with Crippen molar-refractivity contribution in [2.75, 3.05) is 21.3 Å². The topological polar surface area (TPSA) is 87.4 Å². The molecule has 0 bridgehead atoms. The Labute approximate surface area is 173 Å². The van der Waals surface area contributed by atoms with Crippen LogP contribution in [-0.4, -0.2) is 32.0 Å². The Hall–Kier alpha value is -3.61. The monoisotopic (exact) mass is 410 g/mol. The molecule has 7 nitrogen and oxygen atoms in total. The highest BCUT2D eigenvalue weighted by Gasteiger charge is 2.27. The summed E-state index contributed by atoms with van der Waals surface area (Å²) >= 11 is 0. The lowest BCUT2D eigenvalue weighted by molar-refractivity contribution is 0.158. The maximum Gasteiger partial charge on any atom is 0.204 e. The minimum absolute atomic E-state index is 0.0658. The number of ether oxygens (including phenoxy) is 4. The van der Waals surface area contributed by atoms with Crippen LogP contribution in [0, 0.1) is 0 Å². The number of aromatic hydroxyl groups is 1. The largest absolute Gasteiger partial charge is 0.507 e. The van der Waals surface area contributed by atoms with Crippen molar-refractivity contribution in [2.24, 2.45) is 0 Å². The first-order chi connectivity index (χ1) is 14.3. The highest BCUT2D eigenvalue weighted by Crippen LogP contribution is 2.42. The van der Waals surface area contributed by atoms with Crippen LogP contribution in [-0.2, 0) is 0 Å². The summed E-state index contributed by atoms with van der Waals surface area (Å²) in [7, 11) is 4.51. The van der Waals surface area contributed by atoms with Crippen molar-refractivity contribution in [3.05, 3.63) is 46.3 Å². The predicted octanol–water partition coefficient (Wildman–Crippen LogP) is 4.38. The van der Waals surface area contributed by atoms with Gasteiger partial charge in [0.15, 0.2) is 17.1 Å². The molecule has 7 heteroatoms. The molecule has 156 valence electrons. The van der Waals surface area contributed by atoms with E-state index in [2.05, 4.69) is 0 Å². The van der Waals surface area contributed by atoms with Crippen molar-refractivity contribution in [3.63, 3.8) is 0 Å². The van der Waals surface area contributed by atoms with Crippen LogP contribution in [0.15, 0.2) is 39.7 Å². The van der Waals surface area contributed by atoms with E-state index in [9.17, 15) is 9.90 Å². The minimum Gasteiger partial charge on any atom is -0.507 e. The van der Waals surface area contributed by atoms with Gasteiger partial charge in [-0.25, -0.2) is 0 Å². The summed E-state index contributed by atoms with van der Waals surface area (Å²) in [6, 6.07) is 4.70. The molecule has 2 heterocycles. The SMILES string of the molecule is COc1cc(OC)c(-c2coc3c4c(cc(O)c3c2=O)OC(C)(C)C=C4)cc1OC. The van der Waals surface area contributed by atoms with Gasteiger partial charge in [-0.05, 0) is 32.1 Å². The number of benzene rings is 2. The van der Waals surface area contributed by atoms with E-state index in [1.165, 1.54) is 33.7 Å². The van der Waals surface area contributed by atoms with Crippen LogP contribution in [0.3, 0.4) is 0 Å². The van der Waals surface area contributed by atoms with Gasteiger partial charge in [0.05, 0.1) is 32.5 Å². The van der Waals surface area contributed by atoms with Crippen LogP contribution < -0.4 is 24.4 Å². The van der Waals surface area contributed by atoms with Gasteiger partial charge in [0.1, 0.15) is 34.5 Å². The Balaban J connectivity index is 1.99. The molecule has 0 unspecified atom stereocenters. The van der Waals surface area contributed by atoms with Gasteiger partial charge in [0, 0.05) is 17.7 Å². The summed E-state index contributed by atoms with van der Waals surface area (Å²) in [4.78, 5) is 13.4. The van der Waals surface area contributed by atoms with Gasteiger partial charge in [-0.1, -0.05) is 0 Å². The first-order valence-electron chi connectivity index (χ1n) is 9.29. The lowest BCUT2D eigenvalue weighted by atomic mass is 9.98. The molecule has 3 aromatic rings. The zero-order valence-corrected chi connectivity index (χ0v) is 17.4. The number of hydrogen-bond acceptors (Lipinski definition) is 7. The summed E-state index contributed by atoms with van der Waals surface area (Å²) in [5.41, 5.74) is 0.600. The first-order valence-corrected chi connectivity index (χ1v) is 9.29. The standard InChI is InChI=1S/C23H22O7/c1-23(2)7-6-12-17(30-23)9-15(24)20-21(25)14(11-29-22(12)20)13-8-18(27-4)19(28-5)10-16(13)26-3/h6-11,24H,1-5H3. The molecule has 2 aromatic carbocycles. The molecule has 1 aliphatic heterocycles. The first kappa shape index (κ1) is 19.7. The van der Waals surface area contributed by atoms with Gasteiger partial charge in [-0.15, -0.1) is 0 Å². The molecule has 0 spiro atoms. The summed E-state index contributed by atoms with van der Waals surface area (Å²) in [6.45, 7) is 3.80. The third-order valence-corrected chi connectivity index (χ3v) is 5.05. The predicted molar refractivity (Wildman–Crippen MR) is 113 cm³/mol. The van der Waals surface area contributed by atoms with E-state index < -0.39 is 11.0 Å². The van der Waals surface area contributed by atoms with Gasteiger partial charge < -0.3 is 28.5 Å². The third kappa shape index (κ3) is 3.03. The zero-order valence-electron chi connectivity index (χ0n) is 17.4. The van der Waals surface area contributed by atoms with E-state index in [0.717, 1.165) is 0 Å². The molecule has 0 radical (unpaired) electrons. The van der Waals surface area contributed by atoms with Gasteiger partial charge >= 0.3 is 0 Å². The van der Waals surface area contributed by atoms with Crippen LogP contribution in [0.2, 0.25) is 0 Å². The Morgan fingerprint density at radius 1 is 0.933 bits per heavy atom. The summed E-state index contributed by atoms with van der Waals surface area (Å²) in [5, 5.41) is 10.7. The molecular formula is C23H22O7. The fraction of sp³-hybridized carbons (Fsp3) is 0.261. The lowest BCUT2D eigenvalue weighted by Gasteiger charge is -2.28. The van der Waals surface area contributed by atoms with Crippen molar-refractivity contribution in [3.8, 4) is 39.9 Å². The van der Waals surface area contributed by atoms with E-state index in [1.54, 1.807) is 12.1 Å². The molecule has 0 atom stereocenters. The summed E-state index contributed by atoms with van der Waals surface area (Å²) in [6.07, 6.45) is 5.05. The van der Waals surface area contributed by atoms with E-state index in [4.69, 9.17) is 23.4 Å². The van der Waals surface area contributed by atoms with Gasteiger partial charge in [0.25, 0.3) is 0 Å². The Morgan fingerprint density at radius 2 is 1.60 bits per heavy atom. The highest BCUT2D eigenvalue weighted by atomic mass is 16.5. The molecule has 1 aromatic heterocycles. The van der Waals surface area contributed by atoms with Gasteiger partial charge in [0.2, 0.25) is 5.43 Å². The maximum atomic E-state index is 13.4. The average molecular weight is 410 g/mol. The molecule has 0 saturated heterocycles. The van der Waals surface area contributed by atoms with E-state index in [-0.39, 0.29) is 22.3 Å². The van der Waals surface area contributed by atoms with E-state index >= 15 is 0 Å². The number of phenols is 1. The van der Waals surface area contributed by atoms with Crippen LogP contribution >= 0.6 is 0 Å². The van der Waals surface area contributed by atoms with Crippen LogP contribution in [0.25, 0.3) is 28.2 Å². The molecule has 1 N–H and O–H groups in total. The third-order valence-electron chi connectivity index (χ3n) is 5.05. The van der Waals surface area contributed by atoms with Gasteiger partial charge in [-0.2, -0.15) is 0 Å². The summed E-state index contributed by atoms with van der Waals surface area (Å²) < 4.78 is 27.8. The van der Waals surface area contributed by atoms with Crippen molar-refractivity contribution in [2.45, 2.75) is 19.4 Å².